The molecule has 0 saturated carbocycles. The number of ether oxygens (including phenoxy) is 1. The van der Waals surface area contributed by atoms with Crippen LogP contribution in [0.5, 0.6) is 11.5 Å². The zero-order valence-corrected chi connectivity index (χ0v) is 22.8. The number of carbonyl (C=O) groups excluding carboxylic acids is 1. The number of hydrogen-bond donors (Lipinski definition) is 1. The van der Waals surface area contributed by atoms with E-state index < -0.39 is 5.82 Å². The molecular formula is C31H31FN6O2. The van der Waals surface area contributed by atoms with E-state index in [-0.39, 0.29) is 34.4 Å². The average molecular weight is 539 g/mol. The molecule has 8 nitrogen and oxygen atoms in total. The number of piperidine rings is 1. The van der Waals surface area contributed by atoms with Gasteiger partial charge in [-0.2, -0.15) is 5.10 Å². The molecule has 3 heterocycles. The Labute approximate surface area is 232 Å². The predicted molar refractivity (Wildman–Crippen MR) is 153 cm³/mol. The number of benzene rings is 2. The van der Waals surface area contributed by atoms with Gasteiger partial charge >= 0.3 is 0 Å². The van der Waals surface area contributed by atoms with Crippen molar-refractivity contribution in [3.63, 3.8) is 0 Å². The fourth-order valence-corrected chi connectivity index (χ4v) is 5.01. The topological polar surface area (TPSA) is 90.6 Å². The van der Waals surface area contributed by atoms with Crippen molar-refractivity contribution in [2.75, 3.05) is 18.8 Å². The number of aromatic nitrogens is 3. The minimum absolute atomic E-state index is 0.118. The third-order valence-corrected chi connectivity index (χ3v) is 6.76. The number of allylic oxidation sites excluding steroid dienone is 1. The largest absolute Gasteiger partial charge is 0.457 e. The van der Waals surface area contributed by atoms with Crippen LogP contribution in [0.2, 0.25) is 0 Å². The third-order valence-electron chi connectivity index (χ3n) is 6.76. The lowest BCUT2D eigenvalue weighted by Crippen LogP contribution is -2.41. The van der Waals surface area contributed by atoms with Crippen molar-refractivity contribution in [3.05, 3.63) is 89.8 Å². The Morgan fingerprint density at radius 1 is 1.18 bits per heavy atom. The van der Waals surface area contributed by atoms with E-state index in [1.165, 1.54) is 6.07 Å². The molecule has 40 heavy (non-hydrogen) atoms. The van der Waals surface area contributed by atoms with Gasteiger partial charge in [0, 0.05) is 30.9 Å². The smallest absolute Gasteiger partial charge is 0.252 e. The van der Waals surface area contributed by atoms with Crippen LogP contribution in [0, 0.1) is 17.8 Å². The van der Waals surface area contributed by atoms with Crippen molar-refractivity contribution in [2.24, 2.45) is 5.41 Å². The molecule has 2 N–H and O–H groups in total. The van der Waals surface area contributed by atoms with Gasteiger partial charge in [-0.05, 0) is 48.6 Å². The summed E-state index contributed by atoms with van der Waals surface area (Å²) in [5, 5.41) is 5.39. The van der Waals surface area contributed by atoms with Crippen LogP contribution in [-0.4, -0.2) is 38.7 Å². The molecule has 0 bridgehead atoms. The van der Waals surface area contributed by atoms with Crippen LogP contribution >= 0.6 is 0 Å². The maximum absolute atomic E-state index is 15.5. The van der Waals surface area contributed by atoms with Crippen LogP contribution in [-0.2, 0) is 4.79 Å². The Morgan fingerprint density at radius 2 is 1.95 bits per heavy atom. The number of nitrogens with zero attached hydrogens (tertiary/aromatic N) is 5. The number of hydrogen-bond acceptors (Lipinski definition) is 5. The second kappa shape index (κ2) is 10.8. The van der Waals surface area contributed by atoms with Gasteiger partial charge in [0.15, 0.2) is 0 Å². The van der Waals surface area contributed by atoms with E-state index in [2.05, 4.69) is 9.83 Å². The first-order valence-electron chi connectivity index (χ1n) is 13.2. The van der Waals surface area contributed by atoms with Gasteiger partial charge in [-0.3, -0.25) is 9.48 Å². The molecule has 4 aromatic rings. The molecule has 1 aliphatic rings. The number of fused-ring (bicyclic) bond motifs is 1. The first kappa shape index (κ1) is 26.9. The quantitative estimate of drug-likeness (QED) is 0.228. The lowest BCUT2D eigenvalue weighted by atomic mass is 9.95. The van der Waals surface area contributed by atoms with Gasteiger partial charge in [0.1, 0.15) is 28.8 Å². The highest BCUT2D eigenvalue weighted by atomic mass is 19.1. The van der Waals surface area contributed by atoms with Gasteiger partial charge in [0.05, 0.1) is 23.5 Å². The number of amides is 1. The van der Waals surface area contributed by atoms with Crippen LogP contribution in [0.25, 0.3) is 27.0 Å². The van der Waals surface area contributed by atoms with E-state index in [4.69, 9.17) is 22.1 Å². The first-order valence-corrected chi connectivity index (χ1v) is 13.2. The molecule has 1 fully saturated rings. The molecule has 2 aromatic carbocycles. The molecular weight excluding hydrogens is 507 g/mol. The summed E-state index contributed by atoms with van der Waals surface area (Å²) in [5.41, 5.74) is 7.48. The fourth-order valence-electron chi connectivity index (χ4n) is 5.01. The highest BCUT2D eigenvalue weighted by Gasteiger charge is 2.30. The van der Waals surface area contributed by atoms with E-state index in [1.807, 2.05) is 43.7 Å². The highest BCUT2D eigenvalue weighted by Crippen LogP contribution is 2.37. The Kier molecular flexibility index (Phi) is 7.26. The SMILES string of the molecule is [C-]#[N+]C(=CC(C)(C)C)C(=O)N1CCC[C@@H](n2nc(-c3ccc(Oc4ccccc4)cc3F)c3c(N)nccc32)C1. The number of likely N-dealkylation sites (tertiary alicyclic amines) is 1. The molecule has 1 aliphatic heterocycles. The molecule has 0 aliphatic carbocycles. The maximum Gasteiger partial charge on any atom is 0.252 e. The number of rotatable bonds is 5. The standard InChI is InChI=1S/C31H31FN6O2/c1-31(2,3)18-25(34-4)30(39)37-16-8-9-20(19-37)38-26-14-15-35-29(33)27(26)28(36-38)23-13-12-22(17-24(23)32)40-21-10-6-5-7-11-21/h5-7,10-15,17-18,20H,8-9,16,19H2,1-3H3,(H2,33,35)/t20-/m1/s1. The minimum Gasteiger partial charge on any atom is -0.457 e. The van der Waals surface area contributed by atoms with E-state index >= 15 is 4.39 Å². The molecule has 1 amide bonds. The lowest BCUT2D eigenvalue weighted by Gasteiger charge is -2.33. The summed E-state index contributed by atoms with van der Waals surface area (Å²) >= 11 is 0. The van der Waals surface area contributed by atoms with Crippen LogP contribution in [0.3, 0.4) is 0 Å². The van der Waals surface area contributed by atoms with Crippen LogP contribution in [0.4, 0.5) is 10.2 Å². The number of anilines is 1. The molecule has 0 spiro atoms. The van der Waals surface area contributed by atoms with Crippen molar-refractivity contribution in [1.82, 2.24) is 19.7 Å². The van der Waals surface area contributed by atoms with Crippen molar-refractivity contribution in [1.29, 1.82) is 0 Å². The highest BCUT2D eigenvalue weighted by molar-refractivity contribution is 6.00. The predicted octanol–water partition coefficient (Wildman–Crippen LogP) is 6.62. The normalized spacial score (nSPS) is 16.1. The van der Waals surface area contributed by atoms with Gasteiger partial charge < -0.3 is 15.4 Å². The number of nitrogens with two attached hydrogens (primary N) is 1. The summed E-state index contributed by atoms with van der Waals surface area (Å²) < 4.78 is 23.1. The van der Waals surface area contributed by atoms with Crippen LogP contribution in [0.15, 0.2) is 72.6 Å². The number of nitrogen functional groups attached to an aromatic ring is 1. The summed E-state index contributed by atoms with van der Waals surface area (Å²) in [7, 11) is 0. The number of carbonyl (C=O) groups is 1. The number of pyridine rings is 1. The zero-order valence-electron chi connectivity index (χ0n) is 22.8. The Balaban J connectivity index is 1.49. The molecule has 2 aromatic heterocycles. The van der Waals surface area contributed by atoms with E-state index in [0.717, 1.165) is 12.8 Å². The molecule has 5 rings (SSSR count). The third kappa shape index (κ3) is 5.52. The second-order valence-electron chi connectivity index (χ2n) is 11.0. The van der Waals surface area contributed by atoms with Gasteiger partial charge in [-0.15, -0.1) is 0 Å². The summed E-state index contributed by atoms with van der Waals surface area (Å²) in [6.07, 6.45) is 4.83. The maximum atomic E-state index is 15.5. The fraction of sp³-hybridized carbons (Fsp3) is 0.290. The summed E-state index contributed by atoms with van der Waals surface area (Å²) in [6.45, 7) is 14.4. The monoisotopic (exact) mass is 538 g/mol. The van der Waals surface area contributed by atoms with Crippen molar-refractivity contribution in [2.45, 2.75) is 39.7 Å². The molecule has 0 radical (unpaired) electrons. The van der Waals surface area contributed by atoms with Crippen LogP contribution in [0.1, 0.15) is 39.7 Å². The molecule has 0 unspecified atom stereocenters. The Bertz CT molecular complexity index is 1630. The first-order chi connectivity index (χ1) is 19.1. The van der Waals surface area contributed by atoms with Crippen molar-refractivity contribution >= 4 is 22.6 Å². The van der Waals surface area contributed by atoms with E-state index in [9.17, 15) is 4.79 Å². The van der Waals surface area contributed by atoms with Crippen molar-refractivity contribution < 1.29 is 13.9 Å². The van der Waals surface area contributed by atoms with Gasteiger partial charge in [-0.1, -0.05) is 45.0 Å². The lowest BCUT2D eigenvalue weighted by molar-refractivity contribution is -0.128. The van der Waals surface area contributed by atoms with E-state index in [0.29, 0.717) is 41.2 Å². The number of para-hydroxylation sites is 1. The Morgan fingerprint density at radius 3 is 2.65 bits per heavy atom. The Hall–Kier alpha value is -4.71. The van der Waals surface area contributed by atoms with Gasteiger partial charge in [0.2, 0.25) is 5.70 Å². The average Bonchev–Trinajstić information content (AvgIpc) is 3.32. The molecule has 9 heteroatoms. The summed E-state index contributed by atoms with van der Waals surface area (Å²) in [4.78, 5) is 22.7. The molecule has 204 valence electrons. The minimum atomic E-state index is -0.502. The number of halogens is 1. The molecule has 1 atom stereocenters. The van der Waals surface area contributed by atoms with E-state index in [1.54, 1.807) is 47.5 Å². The molecule has 1 saturated heterocycles. The summed E-state index contributed by atoms with van der Waals surface area (Å²) in [6, 6.07) is 15.4. The zero-order chi connectivity index (χ0) is 28.4. The second-order valence-corrected chi connectivity index (χ2v) is 11.0. The van der Waals surface area contributed by atoms with Gasteiger partial charge in [0.25, 0.3) is 5.91 Å². The van der Waals surface area contributed by atoms with Crippen molar-refractivity contribution in [3.8, 4) is 22.8 Å². The van der Waals surface area contributed by atoms with Gasteiger partial charge in [-0.25, -0.2) is 14.2 Å². The summed E-state index contributed by atoms with van der Waals surface area (Å²) in [5.74, 6) is 0.427. The van der Waals surface area contributed by atoms with Crippen LogP contribution < -0.4 is 10.5 Å².